The van der Waals surface area contributed by atoms with Gasteiger partial charge in [-0.25, -0.2) is 4.39 Å². The number of nitrogens with one attached hydrogen (secondary N) is 1. The Hall–Kier alpha value is -0.930. The minimum atomic E-state index is -0.179. The van der Waals surface area contributed by atoms with E-state index in [0.29, 0.717) is 12.1 Å². The van der Waals surface area contributed by atoms with Gasteiger partial charge in [0.25, 0.3) is 0 Å². The first-order valence-electron chi connectivity index (χ1n) is 5.83. The fourth-order valence-electron chi connectivity index (χ4n) is 2.21. The van der Waals surface area contributed by atoms with Gasteiger partial charge in [-0.15, -0.1) is 0 Å². The Bertz CT molecular complexity index is 319. The minimum Gasteiger partial charge on any atom is -0.377 e. The van der Waals surface area contributed by atoms with Crippen molar-refractivity contribution in [2.45, 2.75) is 31.4 Å². The number of rotatable bonds is 4. The molecule has 0 aliphatic carbocycles. The molecule has 0 amide bonds. The molecule has 2 unspecified atom stereocenters. The Balaban J connectivity index is 1.97. The zero-order chi connectivity index (χ0) is 11.4. The number of benzene rings is 1. The summed E-state index contributed by atoms with van der Waals surface area (Å²) in [6.45, 7) is 0.867. The largest absolute Gasteiger partial charge is 0.377 e. The summed E-state index contributed by atoms with van der Waals surface area (Å²) < 4.78 is 18.4. The lowest BCUT2D eigenvalue weighted by atomic mass is 9.99. The van der Waals surface area contributed by atoms with E-state index in [-0.39, 0.29) is 5.82 Å². The molecule has 1 fully saturated rings. The van der Waals surface area contributed by atoms with Crippen LogP contribution in [0.25, 0.3) is 0 Å². The van der Waals surface area contributed by atoms with Crippen LogP contribution in [0.4, 0.5) is 4.39 Å². The molecule has 2 nitrogen and oxygen atoms in total. The topological polar surface area (TPSA) is 21.3 Å². The molecule has 0 bridgehead atoms. The molecule has 0 spiro atoms. The number of ether oxygens (including phenoxy) is 1. The highest BCUT2D eigenvalue weighted by atomic mass is 19.1. The second-order valence-electron chi connectivity index (χ2n) is 4.28. The predicted molar refractivity (Wildman–Crippen MR) is 61.9 cm³/mol. The fourth-order valence-corrected chi connectivity index (χ4v) is 2.21. The van der Waals surface area contributed by atoms with Crippen molar-refractivity contribution in [1.82, 2.24) is 5.32 Å². The highest BCUT2D eigenvalue weighted by Crippen LogP contribution is 2.18. The number of hydrogen-bond acceptors (Lipinski definition) is 2. The summed E-state index contributed by atoms with van der Waals surface area (Å²) in [5.74, 6) is -0.179. The molecule has 3 heteroatoms. The third-order valence-corrected chi connectivity index (χ3v) is 3.15. The Labute approximate surface area is 95.8 Å². The van der Waals surface area contributed by atoms with Gasteiger partial charge < -0.3 is 10.1 Å². The van der Waals surface area contributed by atoms with Crippen LogP contribution in [0.1, 0.15) is 18.4 Å². The van der Waals surface area contributed by atoms with Gasteiger partial charge in [-0.3, -0.25) is 0 Å². The normalized spacial score (nSPS) is 22.2. The third-order valence-electron chi connectivity index (χ3n) is 3.15. The van der Waals surface area contributed by atoms with Gasteiger partial charge >= 0.3 is 0 Å². The van der Waals surface area contributed by atoms with E-state index < -0.39 is 0 Å². The second-order valence-corrected chi connectivity index (χ2v) is 4.28. The van der Waals surface area contributed by atoms with Gasteiger partial charge in [-0.05, 0) is 44.0 Å². The van der Waals surface area contributed by atoms with E-state index in [1.807, 2.05) is 19.2 Å². The van der Waals surface area contributed by atoms with Crippen molar-refractivity contribution in [3.05, 3.63) is 35.6 Å². The molecule has 16 heavy (non-hydrogen) atoms. The van der Waals surface area contributed by atoms with E-state index >= 15 is 0 Å². The first-order valence-corrected chi connectivity index (χ1v) is 5.83. The zero-order valence-electron chi connectivity index (χ0n) is 9.58. The SMILES string of the molecule is CNC(Cc1ccc(F)cc1)C1CCCO1. The lowest BCUT2D eigenvalue weighted by Crippen LogP contribution is -2.39. The van der Waals surface area contributed by atoms with E-state index in [0.717, 1.165) is 31.4 Å². The molecule has 1 N–H and O–H groups in total. The average Bonchev–Trinajstić information content (AvgIpc) is 2.82. The molecule has 1 saturated heterocycles. The van der Waals surface area contributed by atoms with Crippen LogP contribution in [0.15, 0.2) is 24.3 Å². The highest BCUT2D eigenvalue weighted by Gasteiger charge is 2.24. The molecule has 1 aromatic carbocycles. The van der Waals surface area contributed by atoms with Crippen LogP contribution in [0, 0.1) is 5.82 Å². The van der Waals surface area contributed by atoms with Crippen molar-refractivity contribution in [3.63, 3.8) is 0 Å². The van der Waals surface area contributed by atoms with E-state index in [4.69, 9.17) is 4.74 Å². The molecule has 0 saturated carbocycles. The maximum Gasteiger partial charge on any atom is 0.123 e. The fraction of sp³-hybridized carbons (Fsp3) is 0.538. The molecule has 2 atom stereocenters. The van der Waals surface area contributed by atoms with Crippen LogP contribution < -0.4 is 5.32 Å². The average molecular weight is 223 g/mol. The van der Waals surface area contributed by atoms with Crippen LogP contribution in [0.5, 0.6) is 0 Å². The monoisotopic (exact) mass is 223 g/mol. The maximum absolute atomic E-state index is 12.8. The van der Waals surface area contributed by atoms with Crippen molar-refractivity contribution in [1.29, 1.82) is 0 Å². The molecular formula is C13H18FNO. The second kappa shape index (κ2) is 5.41. The highest BCUT2D eigenvalue weighted by molar-refractivity contribution is 5.17. The van der Waals surface area contributed by atoms with Crippen molar-refractivity contribution in [2.75, 3.05) is 13.7 Å². The van der Waals surface area contributed by atoms with Crippen LogP contribution in [0.2, 0.25) is 0 Å². The molecule has 1 aromatic rings. The minimum absolute atomic E-state index is 0.179. The van der Waals surface area contributed by atoms with Gasteiger partial charge in [-0.2, -0.15) is 0 Å². The number of halogens is 1. The Kier molecular flexibility index (Phi) is 3.91. The van der Waals surface area contributed by atoms with Crippen LogP contribution in [-0.4, -0.2) is 25.8 Å². The van der Waals surface area contributed by atoms with Gasteiger partial charge in [0.2, 0.25) is 0 Å². The maximum atomic E-state index is 12.8. The van der Waals surface area contributed by atoms with Gasteiger partial charge in [0, 0.05) is 12.6 Å². The summed E-state index contributed by atoms with van der Waals surface area (Å²) in [7, 11) is 1.95. The molecule has 1 heterocycles. The summed E-state index contributed by atoms with van der Waals surface area (Å²) in [4.78, 5) is 0. The van der Waals surface area contributed by atoms with Crippen molar-refractivity contribution >= 4 is 0 Å². The van der Waals surface area contributed by atoms with Gasteiger partial charge in [-0.1, -0.05) is 12.1 Å². The molecule has 2 rings (SSSR count). The van der Waals surface area contributed by atoms with Crippen LogP contribution in [0.3, 0.4) is 0 Å². The van der Waals surface area contributed by atoms with Crippen LogP contribution >= 0.6 is 0 Å². The molecule has 0 radical (unpaired) electrons. The molecule has 88 valence electrons. The van der Waals surface area contributed by atoms with Crippen molar-refractivity contribution in [2.24, 2.45) is 0 Å². The zero-order valence-corrected chi connectivity index (χ0v) is 9.58. The number of hydrogen-bond donors (Lipinski definition) is 1. The Morgan fingerprint density at radius 2 is 2.19 bits per heavy atom. The van der Waals surface area contributed by atoms with Crippen molar-refractivity contribution in [3.8, 4) is 0 Å². The summed E-state index contributed by atoms with van der Waals surface area (Å²) in [6.07, 6.45) is 3.45. The van der Waals surface area contributed by atoms with Gasteiger partial charge in [0.15, 0.2) is 0 Å². The van der Waals surface area contributed by atoms with E-state index in [9.17, 15) is 4.39 Å². The van der Waals surface area contributed by atoms with E-state index in [1.165, 1.54) is 12.1 Å². The van der Waals surface area contributed by atoms with Gasteiger partial charge in [0.05, 0.1) is 6.10 Å². The summed E-state index contributed by atoms with van der Waals surface area (Å²) >= 11 is 0. The van der Waals surface area contributed by atoms with Gasteiger partial charge in [0.1, 0.15) is 5.82 Å². The van der Waals surface area contributed by atoms with Crippen molar-refractivity contribution < 1.29 is 9.13 Å². The lowest BCUT2D eigenvalue weighted by Gasteiger charge is -2.22. The molecule has 0 aromatic heterocycles. The van der Waals surface area contributed by atoms with E-state index in [1.54, 1.807) is 0 Å². The Morgan fingerprint density at radius 3 is 2.75 bits per heavy atom. The standard InChI is InChI=1S/C13H18FNO/c1-15-12(13-3-2-8-16-13)9-10-4-6-11(14)7-5-10/h4-7,12-13,15H,2-3,8-9H2,1H3. The molecular weight excluding hydrogens is 205 g/mol. The molecule has 1 aliphatic rings. The van der Waals surface area contributed by atoms with E-state index in [2.05, 4.69) is 5.32 Å². The predicted octanol–water partition coefficient (Wildman–Crippen LogP) is 2.14. The summed E-state index contributed by atoms with van der Waals surface area (Å²) in [5, 5.41) is 3.29. The molecule has 1 aliphatic heterocycles. The lowest BCUT2D eigenvalue weighted by molar-refractivity contribution is 0.0808. The smallest absolute Gasteiger partial charge is 0.123 e. The number of likely N-dealkylation sites (N-methyl/N-ethyl adjacent to an activating group) is 1. The summed E-state index contributed by atoms with van der Waals surface area (Å²) in [5.41, 5.74) is 1.15. The Morgan fingerprint density at radius 1 is 1.44 bits per heavy atom. The van der Waals surface area contributed by atoms with Crippen LogP contribution in [-0.2, 0) is 11.2 Å². The summed E-state index contributed by atoms with van der Waals surface area (Å²) in [6, 6.07) is 7.03. The quantitative estimate of drug-likeness (QED) is 0.844. The first-order chi connectivity index (χ1) is 7.79. The third kappa shape index (κ3) is 2.80. The first kappa shape index (κ1) is 11.6.